The van der Waals surface area contributed by atoms with Gasteiger partial charge in [0.2, 0.25) is 0 Å². The molecular formula is C10H21N. The normalized spacial score (nSPS) is 20.2. The van der Waals surface area contributed by atoms with Gasteiger partial charge < -0.3 is 5.73 Å². The summed E-state index contributed by atoms with van der Waals surface area (Å²) in [5.41, 5.74) is 5.89. The molecule has 1 rings (SSSR count). The van der Waals surface area contributed by atoms with E-state index in [-0.39, 0.29) is 0 Å². The van der Waals surface area contributed by atoms with Crippen molar-refractivity contribution >= 4 is 0 Å². The first-order valence-electron chi connectivity index (χ1n) is 5.08. The summed E-state index contributed by atoms with van der Waals surface area (Å²) in [6.07, 6.45) is 9.49. The minimum absolute atomic E-state index is 0.485. The monoisotopic (exact) mass is 155 g/mol. The van der Waals surface area contributed by atoms with E-state index in [9.17, 15) is 0 Å². The molecule has 1 fully saturated rings. The average molecular weight is 155 g/mol. The average Bonchev–Trinajstić information content (AvgIpc) is 2.72. The lowest BCUT2D eigenvalue weighted by atomic mass is 10.0. The van der Waals surface area contributed by atoms with Crippen LogP contribution in [0.4, 0.5) is 0 Å². The van der Waals surface area contributed by atoms with Gasteiger partial charge in [0.25, 0.3) is 0 Å². The molecule has 1 heteroatoms. The minimum Gasteiger partial charge on any atom is -0.328 e. The Morgan fingerprint density at radius 1 is 1.36 bits per heavy atom. The zero-order valence-electron chi connectivity index (χ0n) is 7.68. The molecule has 66 valence electrons. The number of nitrogens with two attached hydrogens (primary N) is 1. The van der Waals surface area contributed by atoms with Gasteiger partial charge in [0.05, 0.1) is 0 Å². The Hall–Kier alpha value is -0.0400. The fourth-order valence-corrected chi connectivity index (χ4v) is 1.59. The van der Waals surface area contributed by atoms with Gasteiger partial charge in [-0.25, -0.2) is 0 Å². The van der Waals surface area contributed by atoms with Crippen LogP contribution >= 0.6 is 0 Å². The van der Waals surface area contributed by atoms with Crippen LogP contribution in [-0.2, 0) is 0 Å². The second-order valence-electron chi connectivity index (χ2n) is 3.92. The van der Waals surface area contributed by atoms with Crippen molar-refractivity contribution in [2.45, 2.75) is 57.9 Å². The SMILES string of the molecule is CCCC(N)CCCC1CC1. The van der Waals surface area contributed by atoms with E-state index in [1.165, 1.54) is 44.9 Å². The lowest BCUT2D eigenvalue weighted by molar-refractivity contribution is 0.513. The molecule has 0 heterocycles. The van der Waals surface area contributed by atoms with Crippen LogP contribution < -0.4 is 5.73 Å². The van der Waals surface area contributed by atoms with Gasteiger partial charge in [-0.05, 0) is 18.8 Å². The van der Waals surface area contributed by atoms with Crippen LogP contribution in [0.2, 0.25) is 0 Å². The first kappa shape index (κ1) is 9.05. The molecule has 0 spiro atoms. The van der Waals surface area contributed by atoms with E-state index in [0.29, 0.717) is 6.04 Å². The van der Waals surface area contributed by atoms with E-state index in [1.807, 2.05) is 0 Å². The van der Waals surface area contributed by atoms with Crippen molar-refractivity contribution in [3.63, 3.8) is 0 Å². The second kappa shape index (κ2) is 4.76. The molecule has 0 saturated heterocycles. The maximum Gasteiger partial charge on any atom is 0.00387 e. The smallest absolute Gasteiger partial charge is 0.00387 e. The highest BCUT2D eigenvalue weighted by Crippen LogP contribution is 2.33. The van der Waals surface area contributed by atoms with Crippen LogP contribution in [0, 0.1) is 5.92 Å². The van der Waals surface area contributed by atoms with E-state index in [1.54, 1.807) is 0 Å². The predicted molar refractivity (Wildman–Crippen MR) is 49.5 cm³/mol. The van der Waals surface area contributed by atoms with Crippen molar-refractivity contribution in [2.75, 3.05) is 0 Å². The van der Waals surface area contributed by atoms with E-state index in [4.69, 9.17) is 5.73 Å². The van der Waals surface area contributed by atoms with Gasteiger partial charge in [-0.1, -0.05) is 39.0 Å². The minimum atomic E-state index is 0.485. The quantitative estimate of drug-likeness (QED) is 0.627. The van der Waals surface area contributed by atoms with Crippen molar-refractivity contribution in [1.29, 1.82) is 0 Å². The summed E-state index contributed by atoms with van der Waals surface area (Å²) < 4.78 is 0. The van der Waals surface area contributed by atoms with Crippen molar-refractivity contribution in [3.8, 4) is 0 Å². The molecule has 0 bridgehead atoms. The molecule has 0 aromatic rings. The Balaban J connectivity index is 1.84. The van der Waals surface area contributed by atoms with Gasteiger partial charge in [-0.2, -0.15) is 0 Å². The third kappa shape index (κ3) is 4.41. The topological polar surface area (TPSA) is 26.0 Å². The standard InChI is InChI=1S/C10H21N/c1-2-4-10(11)6-3-5-9-7-8-9/h9-10H,2-8,11H2,1H3. The Morgan fingerprint density at radius 3 is 2.64 bits per heavy atom. The summed E-state index contributed by atoms with van der Waals surface area (Å²) in [7, 11) is 0. The summed E-state index contributed by atoms with van der Waals surface area (Å²) >= 11 is 0. The molecule has 1 nitrogen and oxygen atoms in total. The molecule has 2 N–H and O–H groups in total. The molecule has 0 aromatic carbocycles. The number of hydrogen-bond donors (Lipinski definition) is 1. The zero-order chi connectivity index (χ0) is 8.10. The molecule has 0 aliphatic heterocycles. The molecule has 11 heavy (non-hydrogen) atoms. The first-order chi connectivity index (χ1) is 5.33. The summed E-state index contributed by atoms with van der Waals surface area (Å²) in [5.74, 6) is 1.09. The molecule has 0 radical (unpaired) electrons. The van der Waals surface area contributed by atoms with Crippen molar-refractivity contribution in [1.82, 2.24) is 0 Å². The van der Waals surface area contributed by atoms with Gasteiger partial charge in [0.15, 0.2) is 0 Å². The Morgan fingerprint density at radius 2 is 2.09 bits per heavy atom. The van der Waals surface area contributed by atoms with Gasteiger partial charge >= 0.3 is 0 Å². The van der Waals surface area contributed by atoms with Gasteiger partial charge in [0, 0.05) is 6.04 Å². The highest BCUT2D eigenvalue weighted by molar-refractivity contribution is 4.73. The largest absolute Gasteiger partial charge is 0.328 e. The predicted octanol–water partition coefficient (Wildman–Crippen LogP) is 2.69. The number of rotatable bonds is 6. The van der Waals surface area contributed by atoms with Gasteiger partial charge in [-0.15, -0.1) is 0 Å². The van der Waals surface area contributed by atoms with Crippen LogP contribution in [0.25, 0.3) is 0 Å². The van der Waals surface area contributed by atoms with E-state index < -0.39 is 0 Å². The molecule has 0 amide bonds. The highest BCUT2D eigenvalue weighted by atomic mass is 14.6. The van der Waals surface area contributed by atoms with Crippen molar-refractivity contribution in [3.05, 3.63) is 0 Å². The van der Waals surface area contributed by atoms with Gasteiger partial charge in [-0.3, -0.25) is 0 Å². The maximum atomic E-state index is 5.89. The summed E-state index contributed by atoms with van der Waals surface area (Å²) in [6, 6.07) is 0.485. The summed E-state index contributed by atoms with van der Waals surface area (Å²) in [4.78, 5) is 0. The van der Waals surface area contributed by atoms with Crippen LogP contribution in [-0.4, -0.2) is 6.04 Å². The Labute approximate surface area is 70.4 Å². The van der Waals surface area contributed by atoms with Crippen molar-refractivity contribution in [2.24, 2.45) is 11.7 Å². The summed E-state index contributed by atoms with van der Waals surface area (Å²) in [5, 5.41) is 0. The number of hydrogen-bond acceptors (Lipinski definition) is 1. The van der Waals surface area contributed by atoms with E-state index in [2.05, 4.69) is 6.92 Å². The van der Waals surface area contributed by atoms with E-state index >= 15 is 0 Å². The van der Waals surface area contributed by atoms with E-state index in [0.717, 1.165) is 5.92 Å². The molecule has 1 aliphatic carbocycles. The highest BCUT2D eigenvalue weighted by Gasteiger charge is 2.20. The van der Waals surface area contributed by atoms with Crippen LogP contribution in [0.5, 0.6) is 0 Å². The Kier molecular flexibility index (Phi) is 3.92. The second-order valence-corrected chi connectivity index (χ2v) is 3.92. The molecular weight excluding hydrogens is 134 g/mol. The third-order valence-corrected chi connectivity index (χ3v) is 2.54. The van der Waals surface area contributed by atoms with Crippen molar-refractivity contribution < 1.29 is 0 Å². The fourth-order valence-electron chi connectivity index (χ4n) is 1.59. The fraction of sp³-hybridized carbons (Fsp3) is 1.00. The van der Waals surface area contributed by atoms with Gasteiger partial charge in [0.1, 0.15) is 0 Å². The first-order valence-corrected chi connectivity index (χ1v) is 5.08. The molecule has 1 unspecified atom stereocenters. The van der Waals surface area contributed by atoms with Crippen LogP contribution in [0.1, 0.15) is 51.9 Å². The molecule has 1 atom stereocenters. The summed E-state index contributed by atoms with van der Waals surface area (Å²) in [6.45, 7) is 2.21. The zero-order valence-corrected chi connectivity index (χ0v) is 7.68. The lowest BCUT2D eigenvalue weighted by Crippen LogP contribution is -2.18. The molecule has 1 aliphatic rings. The maximum absolute atomic E-state index is 5.89. The Bertz CT molecular complexity index is 97.0. The van der Waals surface area contributed by atoms with Crippen LogP contribution in [0.15, 0.2) is 0 Å². The lowest BCUT2D eigenvalue weighted by Gasteiger charge is -2.08. The van der Waals surface area contributed by atoms with Crippen LogP contribution in [0.3, 0.4) is 0 Å². The third-order valence-electron chi connectivity index (χ3n) is 2.54. The molecule has 0 aromatic heterocycles. The molecule has 1 saturated carbocycles.